The van der Waals surface area contributed by atoms with Crippen molar-refractivity contribution in [2.24, 2.45) is 5.92 Å². The highest BCUT2D eigenvalue weighted by atomic mass is 35.5. The van der Waals surface area contributed by atoms with Crippen molar-refractivity contribution in [3.8, 4) is 0 Å². The van der Waals surface area contributed by atoms with Gasteiger partial charge in [0.05, 0.1) is 23.6 Å². The second-order valence-electron chi connectivity index (χ2n) is 7.30. The molecule has 0 amide bonds. The fourth-order valence-corrected chi connectivity index (χ4v) is 3.71. The summed E-state index contributed by atoms with van der Waals surface area (Å²) in [5, 5.41) is 8.55. The average Bonchev–Trinajstić information content (AvgIpc) is 3.07. The molecule has 0 aliphatic carbocycles. The maximum absolute atomic E-state index is 6.05. The van der Waals surface area contributed by atoms with Gasteiger partial charge in [-0.15, -0.1) is 0 Å². The van der Waals surface area contributed by atoms with Gasteiger partial charge in [-0.05, 0) is 56.6 Å². The maximum atomic E-state index is 6.05. The monoisotopic (exact) mass is 384 g/mol. The standard InChI is InChI=1S/C20H25ClN6/c1-27-6-4-14(5-7-27)9-24-20-3-2-15(11-25-20)10-23-17-12-22-13-18-16(17)8-19(21)26-18/h2-3,8,11-14,23,26H,4-7,9-10H2,1H3,(H,24,25). The summed E-state index contributed by atoms with van der Waals surface area (Å²) in [5.74, 6) is 1.68. The molecule has 1 fully saturated rings. The van der Waals surface area contributed by atoms with Crippen LogP contribution in [0.25, 0.3) is 10.9 Å². The predicted molar refractivity (Wildman–Crippen MR) is 111 cm³/mol. The lowest BCUT2D eigenvalue weighted by Crippen LogP contribution is -2.33. The van der Waals surface area contributed by atoms with Gasteiger partial charge in [-0.3, -0.25) is 4.98 Å². The number of nitrogens with zero attached hydrogens (tertiary/aromatic N) is 3. The SMILES string of the molecule is CN1CCC(CNc2ccc(CNc3cncc4[nH]c(Cl)cc34)cn2)CC1. The van der Waals surface area contributed by atoms with E-state index in [9.17, 15) is 0 Å². The van der Waals surface area contributed by atoms with Crippen LogP contribution in [0.3, 0.4) is 0 Å². The molecule has 0 bridgehead atoms. The van der Waals surface area contributed by atoms with E-state index in [-0.39, 0.29) is 0 Å². The molecule has 0 radical (unpaired) electrons. The number of hydrogen-bond donors (Lipinski definition) is 3. The van der Waals surface area contributed by atoms with Gasteiger partial charge in [-0.1, -0.05) is 17.7 Å². The Morgan fingerprint density at radius 3 is 2.81 bits per heavy atom. The number of rotatable bonds is 6. The van der Waals surface area contributed by atoms with Crippen LogP contribution in [-0.4, -0.2) is 46.5 Å². The second-order valence-corrected chi connectivity index (χ2v) is 7.71. The van der Waals surface area contributed by atoms with Gasteiger partial charge >= 0.3 is 0 Å². The van der Waals surface area contributed by atoms with Gasteiger partial charge in [0.25, 0.3) is 0 Å². The zero-order chi connectivity index (χ0) is 18.6. The number of pyridine rings is 2. The molecule has 4 heterocycles. The normalized spacial score (nSPS) is 15.9. The van der Waals surface area contributed by atoms with Crippen LogP contribution in [-0.2, 0) is 6.54 Å². The van der Waals surface area contributed by atoms with Crippen molar-refractivity contribution in [2.45, 2.75) is 19.4 Å². The van der Waals surface area contributed by atoms with E-state index in [1.165, 1.54) is 25.9 Å². The van der Waals surface area contributed by atoms with Gasteiger partial charge in [0.15, 0.2) is 0 Å². The highest BCUT2D eigenvalue weighted by Gasteiger charge is 2.16. The fraction of sp³-hybridized carbons (Fsp3) is 0.400. The van der Waals surface area contributed by atoms with Crippen LogP contribution in [0, 0.1) is 5.92 Å². The summed E-state index contributed by atoms with van der Waals surface area (Å²) in [6.07, 6.45) is 8.03. The summed E-state index contributed by atoms with van der Waals surface area (Å²) in [4.78, 5) is 14.3. The van der Waals surface area contributed by atoms with Crippen LogP contribution >= 0.6 is 11.6 Å². The Hall–Kier alpha value is -2.31. The summed E-state index contributed by atoms with van der Waals surface area (Å²) >= 11 is 6.05. The number of nitrogens with one attached hydrogen (secondary N) is 3. The molecule has 27 heavy (non-hydrogen) atoms. The third-order valence-corrected chi connectivity index (χ3v) is 5.43. The van der Waals surface area contributed by atoms with Gasteiger partial charge < -0.3 is 20.5 Å². The van der Waals surface area contributed by atoms with Gasteiger partial charge in [0, 0.05) is 24.7 Å². The molecule has 0 unspecified atom stereocenters. The van der Waals surface area contributed by atoms with Crippen molar-refractivity contribution in [1.29, 1.82) is 0 Å². The van der Waals surface area contributed by atoms with Gasteiger partial charge in [0.1, 0.15) is 11.0 Å². The summed E-state index contributed by atoms with van der Waals surface area (Å²) in [6.45, 7) is 4.07. The van der Waals surface area contributed by atoms with Crippen LogP contribution in [0.4, 0.5) is 11.5 Å². The minimum Gasteiger partial charge on any atom is -0.379 e. The Morgan fingerprint density at radius 1 is 1.19 bits per heavy atom. The number of hydrogen-bond acceptors (Lipinski definition) is 5. The Kier molecular flexibility index (Phi) is 5.45. The lowest BCUT2D eigenvalue weighted by atomic mass is 9.97. The first-order chi connectivity index (χ1) is 13.2. The van der Waals surface area contributed by atoms with Crippen LogP contribution in [0.2, 0.25) is 5.15 Å². The van der Waals surface area contributed by atoms with Crippen LogP contribution < -0.4 is 10.6 Å². The molecule has 142 valence electrons. The Balaban J connectivity index is 1.31. The molecule has 4 rings (SSSR count). The quantitative estimate of drug-likeness (QED) is 0.599. The summed E-state index contributed by atoms with van der Waals surface area (Å²) in [5.41, 5.74) is 3.01. The largest absolute Gasteiger partial charge is 0.379 e. The summed E-state index contributed by atoms with van der Waals surface area (Å²) < 4.78 is 0. The van der Waals surface area contributed by atoms with E-state index in [4.69, 9.17) is 11.6 Å². The Labute approximate surface area is 164 Å². The van der Waals surface area contributed by atoms with Crippen LogP contribution in [0.5, 0.6) is 0 Å². The zero-order valence-corrected chi connectivity index (χ0v) is 16.3. The van der Waals surface area contributed by atoms with Crippen molar-refractivity contribution in [3.05, 3.63) is 47.5 Å². The molecule has 0 spiro atoms. The van der Waals surface area contributed by atoms with Crippen molar-refractivity contribution in [3.63, 3.8) is 0 Å². The maximum Gasteiger partial charge on any atom is 0.125 e. The summed E-state index contributed by atoms with van der Waals surface area (Å²) in [6, 6.07) is 6.07. The Morgan fingerprint density at radius 2 is 2.04 bits per heavy atom. The van der Waals surface area contributed by atoms with Gasteiger partial charge in [-0.25, -0.2) is 4.98 Å². The van der Waals surface area contributed by atoms with Crippen molar-refractivity contribution >= 4 is 34.0 Å². The number of fused-ring (bicyclic) bond motifs is 1. The molecule has 1 aliphatic heterocycles. The minimum atomic E-state index is 0.614. The number of anilines is 2. The molecule has 7 heteroatoms. The average molecular weight is 385 g/mol. The molecule has 3 N–H and O–H groups in total. The van der Waals surface area contributed by atoms with Gasteiger partial charge in [0.2, 0.25) is 0 Å². The molecule has 3 aromatic heterocycles. The number of piperidine rings is 1. The van der Waals surface area contributed by atoms with E-state index in [2.05, 4.69) is 49.7 Å². The third kappa shape index (κ3) is 4.51. The number of H-pyrrole nitrogens is 1. The number of halogens is 1. The van der Waals surface area contributed by atoms with E-state index in [0.29, 0.717) is 11.7 Å². The first kappa shape index (κ1) is 18.1. The third-order valence-electron chi connectivity index (χ3n) is 5.23. The van der Waals surface area contributed by atoms with Crippen LogP contribution in [0.15, 0.2) is 36.8 Å². The van der Waals surface area contributed by atoms with E-state index in [1.807, 2.05) is 18.5 Å². The first-order valence-electron chi connectivity index (χ1n) is 9.41. The molecule has 1 saturated heterocycles. The highest BCUT2D eigenvalue weighted by Crippen LogP contribution is 2.25. The number of aromatic amines is 1. The molecule has 0 atom stereocenters. The van der Waals surface area contributed by atoms with Gasteiger partial charge in [-0.2, -0.15) is 0 Å². The molecule has 1 aliphatic rings. The van der Waals surface area contributed by atoms with Crippen LogP contribution in [0.1, 0.15) is 18.4 Å². The van der Waals surface area contributed by atoms with E-state index >= 15 is 0 Å². The second kappa shape index (κ2) is 8.15. The zero-order valence-electron chi connectivity index (χ0n) is 15.5. The lowest BCUT2D eigenvalue weighted by molar-refractivity contribution is 0.226. The molecule has 6 nitrogen and oxygen atoms in total. The molecular formula is C20H25ClN6. The van der Waals surface area contributed by atoms with E-state index in [0.717, 1.165) is 40.4 Å². The highest BCUT2D eigenvalue weighted by molar-refractivity contribution is 6.30. The topological polar surface area (TPSA) is 68.9 Å². The smallest absolute Gasteiger partial charge is 0.125 e. The van der Waals surface area contributed by atoms with E-state index < -0.39 is 0 Å². The van der Waals surface area contributed by atoms with Crippen molar-refractivity contribution in [1.82, 2.24) is 19.9 Å². The molecule has 0 saturated carbocycles. The number of aromatic nitrogens is 3. The first-order valence-corrected chi connectivity index (χ1v) is 9.78. The minimum absolute atomic E-state index is 0.614. The fourth-order valence-electron chi connectivity index (χ4n) is 3.50. The Bertz CT molecular complexity index is 883. The van der Waals surface area contributed by atoms with Crippen molar-refractivity contribution < 1.29 is 0 Å². The molecular weight excluding hydrogens is 360 g/mol. The lowest BCUT2D eigenvalue weighted by Gasteiger charge is -2.29. The molecule has 3 aromatic rings. The van der Waals surface area contributed by atoms with E-state index in [1.54, 1.807) is 6.20 Å². The summed E-state index contributed by atoms with van der Waals surface area (Å²) in [7, 11) is 2.19. The molecule has 0 aromatic carbocycles. The number of likely N-dealkylation sites (tertiary alicyclic amines) is 1. The van der Waals surface area contributed by atoms with Crippen molar-refractivity contribution in [2.75, 3.05) is 37.3 Å². The predicted octanol–water partition coefficient (Wildman–Crippen LogP) is 3.98.